The van der Waals surface area contributed by atoms with Crippen LogP contribution < -0.4 is 20.3 Å². The van der Waals surface area contributed by atoms with E-state index in [-0.39, 0.29) is 24.9 Å². The molecule has 0 fully saturated rings. The zero-order valence-electron chi connectivity index (χ0n) is 19.8. The van der Waals surface area contributed by atoms with Crippen LogP contribution in [0.25, 0.3) is 10.9 Å². The maximum Gasteiger partial charge on any atom is 0.318 e. The Bertz CT molecular complexity index is 1450. The molecule has 178 valence electrons. The molecule has 7 heteroatoms. The van der Waals surface area contributed by atoms with E-state index >= 15 is 0 Å². The fraction of sp³-hybridized carbons (Fsp3) is 0.214. The van der Waals surface area contributed by atoms with Gasteiger partial charge in [0.2, 0.25) is 6.79 Å². The van der Waals surface area contributed by atoms with E-state index in [1.807, 2.05) is 80.6 Å². The Labute approximate surface area is 203 Å². The minimum absolute atomic E-state index is 0.160. The molecule has 5 rings (SSSR count). The van der Waals surface area contributed by atoms with Crippen LogP contribution in [0.3, 0.4) is 0 Å². The van der Waals surface area contributed by atoms with Gasteiger partial charge in [-0.1, -0.05) is 48.5 Å². The van der Waals surface area contributed by atoms with Crippen molar-refractivity contribution >= 4 is 16.9 Å². The molecule has 1 aliphatic heterocycles. The molecule has 2 amide bonds. The molecule has 3 aromatic carbocycles. The van der Waals surface area contributed by atoms with E-state index < -0.39 is 0 Å². The van der Waals surface area contributed by atoms with Crippen LogP contribution in [0.5, 0.6) is 11.5 Å². The van der Waals surface area contributed by atoms with E-state index in [9.17, 15) is 9.59 Å². The molecular formula is C28H27N3O4. The Morgan fingerprint density at radius 1 is 0.914 bits per heavy atom. The van der Waals surface area contributed by atoms with Crippen molar-refractivity contribution in [3.63, 3.8) is 0 Å². The minimum atomic E-state index is -0.257. The lowest BCUT2D eigenvalue weighted by Crippen LogP contribution is -2.39. The first-order valence-electron chi connectivity index (χ1n) is 11.6. The number of nitrogens with zero attached hydrogens (tertiary/aromatic N) is 1. The number of nitrogens with one attached hydrogen (secondary N) is 2. The minimum Gasteiger partial charge on any atom is -0.454 e. The third kappa shape index (κ3) is 4.84. The van der Waals surface area contributed by atoms with Crippen LogP contribution in [-0.4, -0.2) is 22.7 Å². The van der Waals surface area contributed by atoms with Gasteiger partial charge in [0.25, 0.3) is 5.56 Å². The van der Waals surface area contributed by atoms with Crippen LogP contribution in [0.15, 0.2) is 71.5 Å². The van der Waals surface area contributed by atoms with Gasteiger partial charge in [-0.15, -0.1) is 0 Å². The van der Waals surface area contributed by atoms with Gasteiger partial charge in [0.1, 0.15) is 0 Å². The Morgan fingerprint density at radius 2 is 1.69 bits per heavy atom. The Kier molecular flexibility index (Phi) is 6.14. The van der Waals surface area contributed by atoms with Crippen LogP contribution >= 0.6 is 0 Å². The summed E-state index contributed by atoms with van der Waals surface area (Å²) in [5.41, 5.74) is 5.12. The number of pyridine rings is 1. The largest absolute Gasteiger partial charge is 0.454 e. The molecule has 0 unspecified atom stereocenters. The summed E-state index contributed by atoms with van der Waals surface area (Å²) in [5.74, 6) is 1.34. The molecule has 1 aliphatic rings. The number of rotatable bonds is 6. The number of fused-ring (bicyclic) bond motifs is 2. The second-order valence-corrected chi connectivity index (χ2v) is 8.80. The van der Waals surface area contributed by atoms with Gasteiger partial charge in [0, 0.05) is 24.0 Å². The average molecular weight is 470 g/mol. The van der Waals surface area contributed by atoms with Gasteiger partial charge in [-0.25, -0.2) is 4.79 Å². The number of aromatic nitrogens is 1. The van der Waals surface area contributed by atoms with Gasteiger partial charge in [-0.05, 0) is 54.3 Å². The molecule has 0 saturated heterocycles. The number of carbonyl (C=O) groups is 1. The monoisotopic (exact) mass is 469 g/mol. The third-order valence-electron chi connectivity index (χ3n) is 6.27. The van der Waals surface area contributed by atoms with Crippen LogP contribution in [0.4, 0.5) is 4.79 Å². The van der Waals surface area contributed by atoms with Gasteiger partial charge >= 0.3 is 6.03 Å². The molecule has 1 aromatic heterocycles. The Balaban J connectivity index is 1.44. The lowest BCUT2D eigenvalue weighted by atomic mass is 10.0. The van der Waals surface area contributed by atoms with E-state index in [0.717, 1.165) is 33.2 Å². The fourth-order valence-electron chi connectivity index (χ4n) is 4.29. The topological polar surface area (TPSA) is 83.7 Å². The highest BCUT2D eigenvalue weighted by atomic mass is 16.7. The average Bonchev–Trinajstić information content (AvgIpc) is 3.34. The molecule has 0 spiro atoms. The molecule has 2 N–H and O–H groups in total. The summed E-state index contributed by atoms with van der Waals surface area (Å²) in [6.07, 6.45) is 0. The second-order valence-electron chi connectivity index (χ2n) is 8.80. The highest BCUT2D eigenvalue weighted by molar-refractivity contribution is 5.85. The van der Waals surface area contributed by atoms with E-state index in [1.54, 1.807) is 4.90 Å². The standard InChI is InChI=1S/C28H27N3O4/c1-18-8-9-19(2)26-23(18)13-22(27(32)30-26)16-31(28(33)29-14-20-6-4-3-5-7-20)15-21-10-11-24-25(12-21)35-17-34-24/h3-13H,14-17H2,1-2H3,(H,29,33)(H,30,32). The highest BCUT2D eigenvalue weighted by Crippen LogP contribution is 2.33. The number of aromatic amines is 1. The molecule has 2 heterocycles. The quantitative estimate of drug-likeness (QED) is 0.426. The summed E-state index contributed by atoms with van der Waals surface area (Å²) in [4.78, 5) is 30.9. The normalized spacial score (nSPS) is 12.1. The summed E-state index contributed by atoms with van der Waals surface area (Å²) < 4.78 is 10.9. The molecule has 0 atom stereocenters. The van der Waals surface area contributed by atoms with Gasteiger partial charge in [-0.2, -0.15) is 0 Å². The van der Waals surface area contributed by atoms with Crippen molar-refractivity contribution in [3.8, 4) is 11.5 Å². The lowest BCUT2D eigenvalue weighted by molar-refractivity contribution is 0.173. The molecule has 0 radical (unpaired) electrons. The predicted molar refractivity (Wildman–Crippen MR) is 135 cm³/mol. The number of carbonyl (C=O) groups excluding carboxylic acids is 1. The van der Waals surface area contributed by atoms with Gasteiger partial charge < -0.3 is 24.7 Å². The van der Waals surface area contributed by atoms with Crippen LogP contribution in [0.2, 0.25) is 0 Å². The fourth-order valence-corrected chi connectivity index (χ4v) is 4.29. The van der Waals surface area contributed by atoms with E-state index in [0.29, 0.717) is 30.2 Å². The van der Waals surface area contributed by atoms with Crippen molar-refractivity contribution in [2.75, 3.05) is 6.79 Å². The number of urea groups is 1. The molecule has 7 nitrogen and oxygen atoms in total. The van der Waals surface area contributed by atoms with Gasteiger partial charge in [0.15, 0.2) is 11.5 Å². The molecule has 4 aromatic rings. The first-order valence-corrected chi connectivity index (χ1v) is 11.6. The van der Waals surface area contributed by atoms with Crippen LogP contribution in [0.1, 0.15) is 27.8 Å². The molecule has 0 bridgehead atoms. The maximum atomic E-state index is 13.3. The summed E-state index contributed by atoms with van der Waals surface area (Å²) in [6.45, 7) is 5.03. The predicted octanol–water partition coefficient (Wildman–Crippen LogP) is 4.79. The molecule has 35 heavy (non-hydrogen) atoms. The van der Waals surface area contributed by atoms with Crippen molar-refractivity contribution < 1.29 is 14.3 Å². The summed E-state index contributed by atoms with van der Waals surface area (Å²) in [7, 11) is 0. The van der Waals surface area contributed by atoms with E-state index in [4.69, 9.17) is 9.47 Å². The van der Waals surface area contributed by atoms with Crippen LogP contribution in [0, 0.1) is 13.8 Å². The molecular weight excluding hydrogens is 442 g/mol. The number of hydrogen-bond acceptors (Lipinski definition) is 4. The van der Waals surface area contributed by atoms with E-state index in [2.05, 4.69) is 10.3 Å². The zero-order valence-corrected chi connectivity index (χ0v) is 19.8. The highest BCUT2D eigenvalue weighted by Gasteiger charge is 2.20. The van der Waals surface area contributed by atoms with E-state index in [1.165, 1.54) is 0 Å². The third-order valence-corrected chi connectivity index (χ3v) is 6.27. The number of H-pyrrole nitrogens is 1. The van der Waals surface area contributed by atoms with Gasteiger partial charge in [-0.3, -0.25) is 4.79 Å². The number of ether oxygens (including phenoxy) is 2. The smallest absolute Gasteiger partial charge is 0.318 e. The summed E-state index contributed by atoms with van der Waals surface area (Å²) in [5, 5.41) is 3.97. The summed E-state index contributed by atoms with van der Waals surface area (Å²) in [6, 6.07) is 21.0. The first-order chi connectivity index (χ1) is 17.0. The Morgan fingerprint density at radius 3 is 2.51 bits per heavy atom. The zero-order chi connectivity index (χ0) is 24.4. The maximum absolute atomic E-state index is 13.3. The number of benzene rings is 3. The Hall–Kier alpha value is -4.26. The van der Waals surface area contributed by atoms with Crippen molar-refractivity contribution in [1.29, 1.82) is 0 Å². The molecule has 0 saturated carbocycles. The number of hydrogen-bond donors (Lipinski definition) is 2. The van der Waals surface area contributed by atoms with Crippen molar-refractivity contribution in [3.05, 3.63) is 105 Å². The summed E-state index contributed by atoms with van der Waals surface area (Å²) >= 11 is 0. The lowest BCUT2D eigenvalue weighted by Gasteiger charge is -2.24. The van der Waals surface area contributed by atoms with Gasteiger partial charge in [0.05, 0.1) is 12.1 Å². The first kappa shape index (κ1) is 22.5. The molecule has 0 aliphatic carbocycles. The van der Waals surface area contributed by atoms with Crippen molar-refractivity contribution in [2.24, 2.45) is 0 Å². The number of aryl methyl sites for hydroxylation is 2. The SMILES string of the molecule is Cc1ccc(C)c2[nH]c(=O)c(CN(Cc3ccc4c(c3)OCO4)C(=O)NCc3ccccc3)cc12. The van der Waals surface area contributed by atoms with Crippen LogP contribution in [-0.2, 0) is 19.6 Å². The van der Waals surface area contributed by atoms with Crippen molar-refractivity contribution in [1.82, 2.24) is 15.2 Å². The van der Waals surface area contributed by atoms with Crippen molar-refractivity contribution in [2.45, 2.75) is 33.5 Å². The number of amides is 2. The second kappa shape index (κ2) is 9.54.